The van der Waals surface area contributed by atoms with Gasteiger partial charge in [0.2, 0.25) is 5.90 Å². The lowest BCUT2D eigenvalue weighted by atomic mass is 10.1. The van der Waals surface area contributed by atoms with Gasteiger partial charge in [0.25, 0.3) is 0 Å². The van der Waals surface area contributed by atoms with Gasteiger partial charge in [-0.25, -0.2) is 14.2 Å². The van der Waals surface area contributed by atoms with Crippen LogP contribution in [0.25, 0.3) is 6.08 Å². The third-order valence-electron chi connectivity index (χ3n) is 4.56. The van der Waals surface area contributed by atoms with Crippen LogP contribution in [0.3, 0.4) is 0 Å². The number of carbonyl (C=O) groups excluding carboxylic acids is 1. The van der Waals surface area contributed by atoms with E-state index >= 15 is 0 Å². The molecule has 1 heterocycles. The van der Waals surface area contributed by atoms with Crippen molar-refractivity contribution in [2.75, 3.05) is 0 Å². The van der Waals surface area contributed by atoms with Crippen LogP contribution in [-0.4, -0.2) is 11.9 Å². The highest BCUT2D eigenvalue weighted by Crippen LogP contribution is 2.26. The van der Waals surface area contributed by atoms with Crippen LogP contribution in [0.2, 0.25) is 5.02 Å². The van der Waals surface area contributed by atoms with Crippen LogP contribution < -0.4 is 4.74 Å². The second kappa shape index (κ2) is 8.51. The standard InChI is InChI=1S/C24H17ClFNO3/c1-15-6-9-18(12-20(15)25)23-27-21(24(28)30-23)13-17-4-2-3-5-22(17)29-14-16-7-10-19(26)11-8-16/h2-13H,14H2,1H3. The Kier molecular flexibility index (Phi) is 5.63. The average molecular weight is 422 g/mol. The highest BCUT2D eigenvalue weighted by atomic mass is 35.5. The molecule has 0 aromatic heterocycles. The highest BCUT2D eigenvalue weighted by molar-refractivity contribution is 6.31. The molecule has 30 heavy (non-hydrogen) atoms. The van der Waals surface area contributed by atoms with E-state index in [-0.39, 0.29) is 24.0 Å². The monoisotopic (exact) mass is 421 g/mol. The Labute approximate surface area is 178 Å². The van der Waals surface area contributed by atoms with Gasteiger partial charge in [0, 0.05) is 16.1 Å². The third-order valence-corrected chi connectivity index (χ3v) is 4.97. The van der Waals surface area contributed by atoms with E-state index < -0.39 is 5.97 Å². The Bertz CT molecular complexity index is 1170. The van der Waals surface area contributed by atoms with Crippen molar-refractivity contribution >= 4 is 29.5 Å². The zero-order valence-electron chi connectivity index (χ0n) is 16.1. The normalized spacial score (nSPS) is 14.6. The molecule has 150 valence electrons. The molecule has 6 heteroatoms. The number of ether oxygens (including phenoxy) is 2. The molecule has 0 atom stereocenters. The van der Waals surface area contributed by atoms with Crippen molar-refractivity contribution in [3.05, 3.63) is 106 Å². The van der Waals surface area contributed by atoms with E-state index in [1.807, 2.05) is 31.2 Å². The average Bonchev–Trinajstić information content (AvgIpc) is 3.11. The van der Waals surface area contributed by atoms with Crippen LogP contribution in [0.4, 0.5) is 4.39 Å². The van der Waals surface area contributed by atoms with Gasteiger partial charge in [0.15, 0.2) is 5.70 Å². The molecule has 0 aliphatic carbocycles. The predicted octanol–water partition coefficient (Wildman–Crippen LogP) is 5.71. The van der Waals surface area contributed by atoms with Gasteiger partial charge < -0.3 is 9.47 Å². The van der Waals surface area contributed by atoms with E-state index in [9.17, 15) is 9.18 Å². The third kappa shape index (κ3) is 4.42. The number of nitrogens with zero attached hydrogens (tertiary/aromatic N) is 1. The zero-order chi connectivity index (χ0) is 21.1. The fourth-order valence-electron chi connectivity index (χ4n) is 2.88. The summed E-state index contributed by atoms with van der Waals surface area (Å²) < 4.78 is 24.2. The van der Waals surface area contributed by atoms with Crippen LogP contribution in [0, 0.1) is 12.7 Å². The van der Waals surface area contributed by atoms with E-state index in [2.05, 4.69) is 4.99 Å². The summed E-state index contributed by atoms with van der Waals surface area (Å²) in [5.74, 6) is -0.0655. The zero-order valence-corrected chi connectivity index (χ0v) is 16.8. The lowest BCUT2D eigenvalue weighted by Crippen LogP contribution is -2.05. The Morgan fingerprint density at radius 1 is 1.10 bits per heavy atom. The number of cyclic esters (lactones) is 1. The highest BCUT2D eigenvalue weighted by Gasteiger charge is 2.25. The van der Waals surface area contributed by atoms with E-state index in [4.69, 9.17) is 21.1 Å². The van der Waals surface area contributed by atoms with Gasteiger partial charge in [0.05, 0.1) is 0 Å². The number of esters is 1. The minimum Gasteiger partial charge on any atom is -0.488 e. The van der Waals surface area contributed by atoms with E-state index in [1.54, 1.807) is 36.4 Å². The number of hydrogen-bond donors (Lipinski definition) is 0. The first-order valence-corrected chi connectivity index (χ1v) is 9.63. The number of benzene rings is 3. The molecule has 0 unspecified atom stereocenters. The van der Waals surface area contributed by atoms with Crippen LogP contribution in [0.5, 0.6) is 5.75 Å². The Hall–Kier alpha value is -3.44. The molecule has 0 saturated heterocycles. The van der Waals surface area contributed by atoms with E-state index in [1.165, 1.54) is 12.1 Å². The van der Waals surface area contributed by atoms with Crippen LogP contribution in [0.1, 0.15) is 22.3 Å². The molecule has 1 aliphatic rings. The summed E-state index contributed by atoms with van der Waals surface area (Å²) in [5.41, 5.74) is 3.23. The first-order valence-electron chi connectivity index (χ1n) is 9.25. The number of para-hydroxylation sites is 1. The van der Waals surface area contributed by atoms with Gasteiger partial charge in [-0.05, 0) is 54.5 Å². The second-order valence-electron chi connectivity index (χ2n) is 6.75. The van der Waals surface area contributed by atoms with Gasteiger partial charge in [-0.3, -0.25) is 0 Å². The summed E-state index contributed by atoms with van der Waals surface area (Å²) in [6.45, 7) is 2.16. The molecule has 0 N–H and O–H groups in total. The number of rotatable bonds is 5. The number of hydrogen-bond acceptors (Lipinski definition) is 4. The summed E-state index contributed by atoms with van der Waals surface area (Å²) in [5, 5.41) is 0.572. The minimum absolute atomic E-state index is 0.166. The summed E-state index contributed by atoms with van der Waals surface area (Å²) in [7, 11) is 0. The molecule has 0 saturated carbocycles. The summed E-state index contributed by atoms with van der Waals surface area (Å²) in [6.07, 6.45) is 1.62. The topological polar surface area (TPSA) is 47.9 Å². The van der Waals surface area contributed by atoms with E-state index in [0.29, 0.717) is 21.9 Å². The number of carbonyl (C=O) groups is 1. The summed E-state index contributed by atoms with van der Waals surface area (Å²) >= 11 is 6.16. The van der Waals surface area contributed by atoms with Crippen molar-refractivity contribution in [1.82, 2.24) is 0 Å². The largest absolute Gasteiger partial charge is 0.488 e. The van der Waals surface area contributed by atoms with Gasteiger partial charge in [-0.1, -0.05) is 48.0 Å². The smallest absolute Gasteiger partial charge is 0.363 e. The van der Waals surface area contributed by atoms with E-state index in [0.717, 1.165) is 11.1 Å². The SMILES string of the molecule is Cc1ccc(C2=NC(=Cc3ccccc3OCc3ccc(F)cc3)C(=O)O2)cc1Cl. The molecule has 3 aromatic rings. The lowest BCUT2D eigenvalue weighted by molar-refractivity contribution is -0.129. The maximum absolute atomic E-state index is 13.1. The van der Waals surface area contributed by atoms with Gasteiger partial charge in [-0.15, -0.1) is 0 Å². The maximum Gasteiger partial charge on any atom is 0.363 e. The lowest BCUT2D eigenvalue weighted by Gasteiger charge is -2.09. The molecule has 0 radical (unpaired) electrons. The van der Waals surface area contributed by atoms with Crippen molar-refractivity contribution in [3.63, 3.8) is 0 Å². The predicted molar refractivity (Wildman–Crippen MR) is 114 cm³/mol. The van der Waals surface area contributed by atoms with Gasteiger partial charge in [0.1, 0.15) is 18.2 Å². The van der Waals surface area contributed by atoms with Crippen molar-refractivity contribution < 1.29 is 18.7 Å². The first-order chi connectivity index (χ1) is 14.5. The second-order valence-corrected chi connectivity index (χ2v) is 7.16. The number of halogens is 2. The summed E-state index contributed by atoms with van der Waals surface area (Å²) in [6, 6.07) is 18.7. The van der Waals surface area contributed by atoms with Gasteiger partial charge >= 0.3 is 5.97 Å². The molecule has 0 bridgehead atoms. The van der Waals surface area contributed by atoms with Crippen molar-refractivity contribution in [1.29, 1.82) is 0 Å². The Morgan fingerprint density at radius 3 is 2.63 bits per heavy atom. The fourth-order valence-corrected chi connectivity index (χ4v) is 3.06. The first kappa shape index (κ1) is 19.9. The molecule has 4 rings (SSSR count). The minimum atomic E-state index is -0.546. The molecule has 1 aliphatic heterocycles. The Balaban J connectivity index is 1.58. The van der Waals surface area contributed by atoms with Crippen LogP contribution >= 0.6 is 11.6 Å². The molecule has 3 aromatic carbocycles. The van der Waals surface area contributed by atoms with Crippen molar-refractivity contribution in [2.24, 2.45) is 4.99 Å². The summed E-state index contributed by atoms with van der Waals surface area (Å²) in [4.78, 5) is 16.6. The number of aliphatic imine (C=N–C) groups is 1. The van der Waals surface area contributed by atoms with Crippen LogP contribution in [0.15, 0.2) is 77.4 Å². The Morgan fingerprint density at radius 2 is 1.87 bits per heavy atom. The van der Waals surface area contributed by atoms with Crippen molar-refractivity contribution in [3.8, 4) is 5.75 Å². The molecular weight excluding hydrogens is 405 g/mol. The molecule has 4 nitrogen and oxygen atoms in total. The fraction of sp³-hybridized carbons (Fsp3) is 0.0833. The molecule has 0 spiro atoms. The number of aryl methyl sites for hydroxylation is 1. The van der Waals surface area contributed by atoms with Crippen LogP contribution in [-0.2, 0) is 16.1 Å². The molecular formula is C24H17ClFNO3. The maximum atomic E-state index is 13.1. The van der Waals surface area contributed by atoms with Gasteiger partial charge in [-0.2, -0.15) is 0 Å². The van der Waals surface area contributed by atoms with Crippen molar-refractivity contribution in [2.45, 2.75) is 13.5 Å². The quantitative estimate of drug-likeness (QED) is 0.391. The molecule has 0 amide bonds. The molecule has 0 fully saturated rings.